The van der Waals surface area contributed by atoms with Gasteiger partial charge in [0, 0.05) is 5.56 Å². The smallest absolute Gasteiger partial charge is 0.416 e. The second-order valence-corrected chi connectivity index (χ2v) is 5.49. The minimum Gasteiger partial charge on any atom is -0.493 e. The topological polar surface area (TPSA) is 57.1 Å². The summed E-state index contributed by atoms with van der Waals surface area (Å²) in [6.45, 7) is 0. The molecule has 1 heterocycles. The fourth-order valence-electron chi connectivity index (χ4n) is 2.53. The zero-order valence-corrected chi connectivity index (χ0v) is 14.3. The number of cyclic esters (lactones) is 1. The third kappa shape index (κ3) is 3.79. The highest BCUT2D eigenvalue weighted by Crippen LogP contribution is 2.34. The maximum atomic E-state index is 13.1. The van der Waals surface area contributed by atoms with Crippen LogP contribution in [0.4, 0.5) is 13.2 Å². The van der Waals surface area contributed by atoms with E-state index < -0.39 is 17.7 Å². The number of carbonyl (C=O) groups excluding carboxylic acids is 1. The highest BCUT2D eigenvalue weighted by Gasteiger charge is 2.33. The Balaban J connectivity index is 2.00. The van der Waals surface area contributed by atoms with Gasteiger partial charge in [0.2, 0.25) is 5.90 Å². The first-order valence-electron chi connectivity index (χ1n) is 7.74. The van der Waals surface area contributed by atoms with Gasteiger partial charge < -0.3 is 14.2 Å². The minimum atomic E-state index is -4.55. The molecule has 0 N–H and O–H groups in total. The van der Waals surface area contributed by atoms with Gasteiger partial charge in [-0.25, -0.2) is 9.79 Å². The molecule has 2 aromatic rings. The molecule has 0 saturated heterocycles. The van der Waals surface area contributed by atoms with Gasteiger partial charge in [-0.2, -0.15) is 13.2 Å². The largest absolute Gasteiger partial charge is 0.493 e. The van der Waals surface area contributed by atoms with Crippen LogP contribution in [-0.4, -0.2) is 26.1 Å². The van der Waals surface area contributed by atoms with E-state index in [0.29, 0.717) is 17.1 Å². The highest BCUT2D eigenvalue weighted by molar-refractivity contribution is 6.13. The summed E-state index contributed by atoms with van der Waals surface area (Å²) in [5, 5.41) is 0. The molecule has 140 valence electrons. The summed E-state index contributed by atoms with van der Waals surface area (Å²) >= 11 is 0. The van der Waals surface area contributed by atoms with Crippen LogP contribution >= 0.6 is 0 Å². The lowest BCUT2D eigenvalue weighted by Gasteiger charge is -2.09. The number of rotatable bonds is 4. The zero-order chi connectivity index (χ0) is 19.6. The van der Waals surface area contributed by atoms with E-state index >= 15 is 0 Å². The van der Waals surface area contributed by atoms with Crippen LogP contribution in [0.2, 0.25) is 0 Å². The molecule has 2 aromatic carbocycles. The molecule has 0 aromatic heterocycles. The number of carbonyl (C=O) groups is 1. The van der Waals surface area contributed by atoms with Crippen LogP contribution < -0.4 is 9.47 Å². The van der Waals surface area contributed by atoms with E-state index in [-0.39, 0.29) is 17.2 Å². The summed E-state index contributed by atoms with van der Waals surface area (Å²) in [5.74, 6) is 0.00287. The monoisotopic (exact) mass is 377 g/mol. The first-order valence-corrected chi connectivity index (χ1v) is 7.74. The van der Waals surface area contributed by atoms with Gasteiger partial charge in [0.15, 0.2) is 17.2 Å². The van der Waals surface area contributed by atoms with Gasteiger partial charge in [-0.05, 0) is 35.9 Å². The van der Waals surface area contributed by atoms with E-state index in [1.807, 2.05) is 0 Å². The third-order valence-electron chi connectivity index (χ3n) is 3.81. The molecule has 27 heavy (non-hydrogen) atoms. The average molecular weight is 377 g/mol. The molecule has 1 aliphatic heterocycles. The molecule has 0 fully saturated rings. The van der Waals surface area contributed by atoms with Crippen molar-refractivity contribution in [1.29, 1.82) is 0 Å². The van der Waals surface area contributed by atoms with Crippen LogP contribution in [0, 0.1) is 0 Å². The van der Waals surface area contributed by atoms with Crippen LogP contribution in [0.3, 0.4) is 0 Å². The first-order chi connectivity index (χ1) is 12.8. The molecule has 0 amide bonds. The maximum Gasteiger partial charge on any atom is 0.416 e. The van der Waals surface area contributed by atoms with Crippen molar-refractivity contribution >= 4 is 17.9 Å². The molecule has 1 aliphatic rings. The first kappa shape index (κ1) is 18.5. The van der Waals surface area contributed by atoms with Crippen molar-refractivity contribution in [2.24, 2.45) is 4.99 Å². The number of hydrogen-bond acceptors (Lipinski definition) is 5. The summed E-state index contributed by atoms with van der Waals surface area (Å²) in [5.41, 5.74) is -0.834. The number of alkyl halides is 3. The minimum absolute atomic E-state index is 0.0308. The second kappa shape index (κ2) is 7.14. The highest BCUT2D eigenvalue weighted by atomic mass is 19.4. The predicted molar refractivity (Wildman–Crippen MR) is 91.6 cm³/mol. The predicted octanol–water partition coefficient (Wildman–Crippen LogP) is 4.07. The molecule has 3 rings (SSSR count). The van der Waals surface area contributed by atoms with Crippen LogP contribution in [0.25, 0.3) is 6.08 Å². The normalized spacial score (nSPS) is 15.5. The second-order valence-electron chi connectivity index (χ2n) is 5.49. The van der Waals surface area contributed by atoms with E-state index in [0.717, 1.165) is 12.1 Å². The maximum absolute atomic E-state index is 13.1. The van der Waals surface area contributed by atoms with Crippen molar-refractivity contribution < 1.29 is 32.2 Å². The van der Waals surface area contributed by atoms with Crippen molar-refractivity contribution in [3.05, 3.63) is 64.9 Å². The molecule has 0 aliphatic carbocycles. The number of hydrogen-bond donors (Lipinski definition) is 0. The van der Waals surface area contributed by atoms with Crippen LogP contribution in [0.1, 0.15) is 16.7 Å². The number of halogens is 3. The quantitative estimate of drug-likeness (QED) is 0.595. The lowest BCUT2D eigenvalue weighted by Crippen LogP contribution is -2.08. The van der Waals surface area contributed by atoms with Gasteiger partial charge in [0.05, 0.1) is 19.8 Å². The summed E-state index contributed by atoms with van der Waals surface area (Å²) < 4.78 is 54.7. The summed E-state index contributed by atoms with van der Waals surface area (Å²) in [7, 11) is 2.92. The summed E-state index contributed by atoms with van der Waals surface area (Å²) in [4.78, 5) is 16.1. The van der Waals surface area contributed by atoms with E-state index in [4.69, 9.17) is 14.2 Å². The Morgan fingerprint density at radius 2 is 1.74 bits per heavy atom. The molecule has 5 nitrogen and oxygen atoms in total. The molecule has 0 bridgehead atoms. The molecule has 0 saturated carbocycles. The lowest BCUT2D eigenvalue weighted by atomic mass is 10.1. The third-order valence-corrected chi connectivity index (χ3v) is 3.81. The Kier molecular flexibility index (Phi) is 4.89. The Morgan fingerprint density at radius 3 is 2.41 bits per heavy atom. The molecule has 0 spiro atoms. The zero-order valence-electron chi connectivity index (χ0n) is 14.3. The van der Waals surface area contributed by atoms with Crippen molar-refractivity contribution in [3.63, 3.8) is 0 Å². The molecule has 0 atom stereocenters. The average Bonchev–Trinajstić information content (AvgIpc) is 3.01. The molecule has 0 radical (unpaired) electrons. The summed E-state index contributed by atoms with van der Waals surface area (Å²) in [6.07, 6.45) is -3.50. The Hall–Kier alpha value is -3.29. The summed E-state index contributed by atoms with van der Waals surface area (Å²) in [6, 6.07) is 9.67. The van der Waals surface area contributed by atoms with E-state index in [2.05, 4.69) is 4.99 Å². The Labute approximate surface area is 152 Å². The van der Waals surface area contributed by atoms with Crippen molar-refractivity contribution in [2.45, 2.75) is 6.18 Å². The fourth-order valence-corrected chi connectivity index (χ4v) is 2.53. The number of benzene rings is 2. The number of methoxy groups -OCH3 is 2. The SMILES string of the molecule is COc1ccc(C2=N/C(=C/c3ccccc3C(F)(F)F)C(=O)O2)cc1OC. The fraction of sp³-hybridized carbons (Fsp3) is 0.158. The Bertz CT molecular complexity index is 948. The van der Waals surface area contributed by atoms with E-state index in [1.54, 1.807) is 18.2 Å². The van der Waals surface area contributed by atoms with Gasteiger partial charge in [0.1, 0.15) is 0 Å². The van der Waals surface area contributed by atoms with E-state index in [1.165, 1.54) is 32.4 Å². The molecular weight excluding hydrogens is 363 g/mol. The standard InChI is InChI=1S/C19H14F3NO4/c1-25-15-8-7-12(10-16(15)26-2)17-23-14(18(24)27-17)9-11-5-3-4-6-13(11)19(20,21)22/h3-10H,1-2H3/b14-9+. The lowest BCUT2D eigenvalue weighted by molar-refractivity contribution is -0.137. The van der Waals surface area contributed by atoms with Gasteiger partial charge in [-0.3, -0.25) is 0 Å². The van der Waals surface area contributed by atoms with Crippen LogP contribution in [-0.2, 0) is 15.7 Å². The molecular formula is C19H14F3NO4. The Morgan fingerprint density at radius 1 is 1.04 bits per heavy atom. The van der Waals surface area contributed by atoms with Gasteiger partial charge >= 0.3 is 12.1 Å². The molecule has 8 heteroatoms. The van der Waals surface area contributed by atoms with Gasteiger partial charge in [-0.15, -0.1) is 0 Å². The van der Waals surface area contributed by atoms with Gasteiger partial charge in [0.25, 0.3) is 0 Å². The molecule has 0 unspecified atom stereocenters. The van der Waals surface area contributed by atoms with Crippen molar-refractivity contribution in [2.75, 3.05) is 14.2 Å². The van der Waals surface area contributed by atoms with Crippen LogP contribution in [0.5, 0.6) is 11.5 Å². The van der Waals surface area contributed by atoms with Crippen molar-refractivity contribution in [3.8, 4) is 11.5 Å². The number of aliphatic imine (C=N–C) groups is 1. The number of nitrogens with zero attached hydrogens (tertiary/aromatic N) is 1. The van der Waals surface area contributed by atoms with Crippen LogP contribution in [0.15, 0.2) is 53.2 Å². The number of ether oxygens (including phenoxy) is 3. The van der Waals surface area contributed by atoms with Gasteiger partial charge in [-0.1, -0.05) is 18.2 Å². The van der Waals surface area contributed by atoms with Crippen molar-refractivity contribution in [1.82, 2.24) is 0 Å². The van der Waals surface area contributed by atoms with E-state index in [9.17, 15) is 18.0 Å². The number of esters is 1.